The highest BCUT2D eigenvalue weighted by Crippen LogP contribution is 2.14. The third-order valence-electron chi connectivity index (χ3n) is 3.06. The zero-order valence-corrected chi connectivity index (χ0v) is 12.1. The second kappa shape index (κ2) is 6.34. The predicted molar refractivity (Wildman–Crippen MR) is 72.8 cm³/mol. The Morgan fingerprint density at radius 1 is 1.35 bits per heavy atom. The second-order valence-corrected chi connectivity index (χ2v) is 6.43. The van der Waals surface area contributed by atoms with E-state index in [1.54, 1.807) is 24.3 Å². The van der Waals surface area contributed by atoms with E-state index in [4.69, 9.17) is 4.74 Å². The van der Waals surface area contributed by atoms with Crippen molar-refractivity contribution in [1.82, 2.24) is 4.31 Å². The lowest BCUT2D eigenvalue weighted by atomic mass is 10.1. The Bertz CT molecular complexity index is 578. The van der Waals surface area contributed by atoms with Gasteiger partial charge in [-0.3, -0.25) is 0 Å². The third-order valence-corrected chi connectivity index (χ3v) is 4.91. The first kappa shape index (κ1) is 15.0. The van der Waals surface area contributed by atoms with Gasteiger partial charge in [-0.25, -0.2) is 13.2 Å². The highest BCUT2D eigenvalue weighted by Gasteiger charge is 2.24. The van der Waals surface area contributed by atoms with Gasteiger partial charge in [-0.1, -0.05) is 12.1 Å². The van der Waals surface area contributed by atoms with Crippen LogP contribution >= 0.6 is 0 Å². The molecule has 1 heterocycles. The van der Waals surface area contributed by atoms with Gasteiger partial charge in [0.15, 0.2) is 0 Å². The number of esters is 1. The lowest BCUT2D eigenvalue weighted by molar-refractivity contribution is 0.0600. The first-order valence-electron chi connectivity index (χ1n) is 6.26. The van der Waals surface area contributed by atoms with E-state index in [0.29, 0.717) is 37.4 Å². The van der Waals surface area contributed by atoms with Crippen LogP contribution in [0.1, 0.15) is 15.9 Å². The maximum atomic E-state index is 12.3. The minimum Gasteiger partial charge on any atom is -0.465 e. The lowest BCUT2D eigenvalue weighted by Crippen LogP contribution is -2.41. The van der Waals surface area contributed by atoms with Crippen LogP contribution in [0.4, 0.5) is 0 Å². The summed E-state index contributed by atoms with van der Waals surface area (Å²) in [7, 11) is -2.09. The number of methoxy groups -OCH3 is 1. The van der Waals surface area contributed by atoms with E-state index >= 15 is 0 Å². The Morgan fingerprint density at radius 2 is 2.05 bits per heavy atom. The molecule has 1 aromatic carbocycles. The van der Waals surface area contributed by atoms with Crippen LogP contribution in [-0.4, -0.2) is 52.1 Å². The average Bonchev–Trinajstić information content (AvgIpc) is 2.47. The Morgan fingerprint density at radius 3 is 2.70 bits per heavy atom. The number of morpholine rings is 1. The van der Waals surface area contributed by atoms with E-state index in [0.717, 1.165) is 0 Å². The fourth-order valence-corrected chi connectivity index (χ4v) is 3.52. The number of benzene rings is 1. The number of carbonyl (C=O) groups is 1. The molecule has 1 aromatic rings. The summed E-state index contributed by atoms with van der Waals surface area (Å²) in [5, 5.41) is 0. The molecule has 110 valence electrons. The van der Waals surface area contributed by atoms with Crippen LogP contribution in [0.15, 0.2) is 24.3 Å². The van der Waals surface area contributed by atoms with Crippen LogP contribution in [0.2, 0.25) is 0 Å². The quantitative estimate of drug-likeness (QED) is 0.763. The van der Waals surface area contributed by atoms with Crippen molar-refractivity contribution in [2.24, 2.45) is 0 Å². The van der Waals surface area contributed by atoms with Gasteiger partial charge in [0.05, 0.1) is 31.6 Å². The minimum absolute atomic E-state index is 0.127. The molecule has 0 saturated carbocycles. The maximum absolute atomic E-state index is 12.3. The van der Waals surface area contributed by atoms with E-state index in [1.165, 1.54) is 11.4 Å². The summed E-state index contributed by atoms with van der Waals surface area (Å²) in [5.41, 5.74) is 0.918. The first-order valence-corrected chi connectivity index (χ1v) is 7.86. The number of hydrogen-bond acceptors (Lipinski definition) is 5. The molecule has 1 aliphatic rings. The van der Waals surface area contributed by atoms with Crippen molar-refractivity contribution in [1.29, 1.82) is 0 Å². The molecule has 0 aliphatic carbocycles. The van der Waals surface area contributed by atoms with Gasteiger partial charge in [0.1, 0.15) is 0 Å². The topological polar surface area (TPSA) is 72.9 Å². The summed E-state index contributed by atoms with van der Waals surface area (Å²) < 4.78 is 35.7. The highest BCUT2D eigenvalue weighted by atomic mass is 32.2. The van der Waals surface area contributed by atoms with Crippen LogP contribution in [0, 0.1) is 0 Å². The van der Waals surface area contributed by atoms with Crippen molar-refractivity contribution >= 4 is 16.0 Å². The van der Waals surface area contributed by atoms with E-state index < -0.39 is 16.0 Å². The van der Waals surface area contributed by atoms with Crippen LogP contribution in [0.5, 0.6) is 0 Å². The van der Waals surface area contributed by atoms with E-state index in [1.807, 2.05) is 0 Å². The number of ether oxygens (including phenoxy) is 2. The molecule has 0 bridgehead atoms. The van der Waals surface area contributed by atoms with Gasteiger partial charge in [-0.15, -0.1) is 0 Å². The molecule has 1 saturated heterocycles. The van der Waals surface area contributed by atoms with Gasteiger partial charge in [-0.2, -0.15) is 4.31 Å². The molecule has 2 rings (SSSR count). The van der Waals surface area contributed by atoms with Crippen molar-refractivity contribution < 1.29 is 22.7 Å². The monoisotopic (exact) mass is 299 g/mol. The molecule has 0 amide bonds. The summed E-state index contributed by atoms with van der Waals surface area (Å²) >= 11 is 0. The number of nitrogens with zero attached hydrogens (tertiary/aromatic N) is 1. The predicted octanol–water partition coefficient (Wildman–Crippen LogP) is 0.635. The molecular weight excluding hydrogens is 282 g/mol. The van der Waals surface area contributed by atoms with E-state index in [9.17, 15) is 13.2 Å². The zero-order chi connectivity index (χ0) is 14.6. The van der Waals surface area contributed by atoms with Crippen molar-refractivity contribution in [2.45, 2.75) is 5.75 Å². The van der Waals surface area contributed by atoms with Gasteiger partial charge in [0.2, 0.25) is 10.0 Å². The molecule has 20 heavy (non-hydrogen) atoms. The number of hydrogen-bond donors (Lipinski definition) is 0. The number of carbonyl (C=O) groups excluding carboxylic acids is 1. The number of rotatable bonds is 4. The first-order chi connectivity index (χ1) is 9.53. The summed E-state index contributed by atoms with van der Waals surface area (Å²) in [6, 6.07) is 6.47. The van der Waals surface area contributed by atoms with Crippen molar-refractivity contribution in [2.75, 3.05) is 33.4 Å². The van der Waals surface area contributed by atoms with Gasteiger partial charge in [0.25, 0.3) is 0 Å². The molecule has 0 unspecified atom stereocenters. The summed E-state index contributed by atoms with van der Waals surface area (Å²) in [4.78, 5) is 11.4. The largest absolute Gasteiger partial charge is 0.465 e. The van der Waals surface area contributed by atoms with Crippen molar-refractivity contribution in [3.63, 3.8) is 0 Å². The molecule has 0 atom stereocenters. The molecular formula is C13H17NO5S. The third kappa shape index (κ3) is 3.56. The maximum Gasteiger partial charge on any atom is 0.337 e. The number of sulfonamides is 1. The Balaban J connectivity index is 2.14. The van der Waals surface area contributed by atoms with Gasteiger partial charge in [0, 0.05) is 13.1 Å². The standard InChI is InChI=1S/C13H17NO5S/c1-18-13(15)12-4-2-3-11(9-12)10-20(16,17)14-5-7-19-8-6-14/h2-4,9H,5-8,10H2,1H3. The normalized spacial score (nSPS) is 16.9. The average molecular weight is 299 g/mol. The molecule has 6 nitrogen and oxygen atoms in total. The highest BCUT2D eigenvalue weighted by molar-refractivity contribution is 7.88. The van der Waals surface area contributed by atoms with Crippen molar-refractivity contribution in [3.8, 4) is 0 Å². The molecule has 7 heteroatoms. The smallest absolute Gasteiger partial charge is 0.337 e. The van der Waals surface area contributed by atoms with Gasteiger partial charge in [-0.05, 0) is 17.7 Å². The second-order valence-electron chi connectivity index (χ2n) is 4.46. The van der Waals surface area contributed by atoms with Crippen LogP contribution < -0.4 is 0 Å². The SMILES string of the molecule is COC(=O)c1cccc(CS(=O)(=O)N2CCOCC2)c1. The van der Waals surface area contributed by atoms with Crippen LogP contribution in [-0.2, 0) is 25.2 Å². The summed E-state index contributed by atoms with van der Waals surface area (Å²) in [6.07, 6.45) is 0. The molecule has 0 radical (unpaired) electrons. The Hall–Kier alpha value is -1.44. The molecule has 1 aliphatic heterocycles. The van der Waals surface area contributed by atoms with E-state index in [2.05, 4.69) is 4.74 Å². The molecule has 1 fully saturated rings. The molecule has 0 aromatic heterocycles. The summed E-state index contributed by atoms with van der Waals surface area (Å²) in [5.74, 6) is -0.603. The van der Waals surface area contributed by atoms with Gasteiger partial charge < -0.3 is 9.47 Å². The fraction of sp³-hybridized carbons (Fsp3) is 0.462. The Labute approximate surface area is 118 Å². The van der Waals surface area contributed by atoms with Gasteiger partial charge >= 0.3 is 5.97 Å². The summed E-state index contributed by atoms with van der Waals surface area (Å²) in [6.45, 7) is 1.58. The molecule has 0 N–H and O–H groups in total. The fourth-order valence-electron chi connectivity index (χ4n) is 2.03. The zero-order valence-electron chi connectivity index (χ0n) is 11.2. The van der Waals surface area contributed by atoms with Crippen LogP contribution in [0.25, 0.3) is 0 Å². The minimum atomic E-state index is -3.38. The van der Waals surface area contributed by atoms with Crippen LogP contribution in [0.3, 0.4) is 0 Å². The molecule has 0 spiro atoms. The Kier molecular flexibility index (Phi) is 4.74. The van der Waals surface area contributed by atoms with Crippen molar-refractivity contribution in [3.05, 3.63) is 35.4 Å². The van der Waals surface area contributed by atoms with E-state index in [-0.39, 0.29) is 5.75 Å². The lowest BCUT2D eigenvalue weighted by Gasteiger charge is -2.26.